The Morgan fingerprint density at radius 3 is 2.55 bits per heavy atom. The van der Waals surface area contributed by atoms with Crippen molar-refractivity contribution in [2.24, 2.45) is 0 Å². The standard InChI is InChI=1S/C31H35N5O4/c37-29(21-35-27-12-5-4-11-26(27)33-34-35)36(24-16-14-23(15-17-24)22-8-2-1-3-9-22)30(28-13-7-19-40-28)31(38)32-20-25-10-6-18-39-25/h4-5,7,11-17,19,22,25,30H,1-3,6,8-10,18,20-21H2,(H,32,38)/t25-,30+/m0/s1. The van der Waals surface area contributed by atoms with Crippen LogP contribution in [0.4, 0.5) is 5.69 Å². The number of fused-ring (bicyclic) bond motifs is 1. The highest BCUT2D eigenvalue weighted by Gasteiger charge is 2.36. The van der Waals surface area contributed by atoms with Crippen molar-refractivity contribution < 1.29 is 18.7 Å². The summed E-state index contributed by atoms with van der Waals surface area (Å²) < 4.78 is 13.0. The first-order chi connectivity index (χ1) is 19.7. The molecule has 4 aromatic rings. The third-order valence-corrected chi connectivity index (χ3v) is 8.07. The van der Waals surface area contributed by atoms with Gasteiger partial charge in [0.1, 0.15) is 17.8 Å². The van der Waals surface area contributed by atoms with Gasteiger partial charge in [0, 0.05) is 18.8 Å². The lowest BCUT2D eigenvalue weighted by Gasteiger charge is -2.31. The normalized spacial score (nSPS) is 18.6. The van der Waals surface area contributed by atoms with E-state index in [9.17, 15) is 9.59 Å². The molecule has 0 spiro atoms. The van der Waals surface area contributed by atoms with Gasteiger partial charge >= 0.3 is 0 Å². The first-order valence-electron chi connectivity index (χ1n) is 14.3. The van der Waals surface area contributed by atoms with E-state index in [1.165, 1.54) is 48.8 Å². The monoisotopic (exact) mass is 541 g/mol. The summed E-state index contributed by atoms with van der Waals surface area (Å²) in [4.78, 5) is 29.5. The van der Waals surface area contributed by atoms with E-state index in [1.54, 1.807) is 16.8 Å². The number of anilines is 1. The Balaban J connectivity index is 1.33. The molecule has 2 fully saturated rings. The van der Waals surface area contributed by atoms with Crippen LogP contribution in [-0.4, -0.2) is 46.1 Å². The summed E-state index contributed by atoms with van der Waals surface area (Å²) in [7, 11) is 0. The van der Waals surface area contributed by atoms with Gasteiger partial charge in [-0.05, 0) is 73.6 Å². The zero-order valence-electron chi connectivity index (χ0n) is 22.6. The SMILES string of the molecule is O=C(NC[C@@H]1CCCO1)[C@@H](c1ccco1)N(C(=O)Cn1nnc2ccccc21)c1ccc(C2CCCCC2)cc1. The number of ether oxygens (including phenoxy) is 1. The summed E-state index contributed by atoms with van der Waals surface area (Å²) in [6.07, 6.45) is 9.52. The predicted molar refractivity (Wildman–Crippen MR) is 151 cm³/mol. The summed E-state index contributed by atoms with van der Waals surface area (Å²) in [6.45, 7) is 0.999. The van der Waals surface area contributed by atoms with E-state index in [0.29, 0.717) is 36.0 Å². The summed E-state index contributed by atoms with van der Waals surface area (Å²) in [6, 6.07) is 18.1. The Morgan fingerprint density at radius 2 is 1.80 bits per heavy atom. The van der Waals surface area contributed by atoms with Crippen LogP contribution >= 0.6 is 0 Å². The average molecular weight is 542 g/mol. The molecule has 0 unspecified atom stereocenters. The first kappa shape index (κ1) is 26.3. The molecule has 1 aliphatic heterocycles. The van der Waals surface area contributed by atoms with Crippen molar-refractivity contribution in [3.8, 4) is 0 Å². The average Bonchev–Trinajstić information content (AvgIpc) is 3.79. The Hall–Kier alpha value is -3.98. The van der Waals surface area contributed by atoms with E-state index in [2.05, 4.69) is 27.8 Å². The lowest BCUT2D eigenvalue weighted by Crippen LogP contribution is -2.46. The van der Waals surface area contributed by atoms with Crippen LogP contribution in [0, 0.1) is 0 Å². The van der Waals surface area contributed by atoms with Gasteiger partial charge in [-0.2, -0.15) is 0 Å². The maximum atomic E-state index is 14.1. The van der Waals surface area contributed by atoms with Crippen LogP contribution in [0.1, 0.15) is 68.2 Å². The molecule has 1 saturated carbocycles. The number of rotatable bonds is 9. The number of carbonyl (C=O) groups is 2. The molecule has 2 amide bonds. The van der Waals surface area contributed by atoms with Crippen LogP contribution in [0.3, 0.4) is 0 Å². The van der Waals surface area contributed by atoms with Crippen molar-refractivity contribution in [1.29, 1.82) is 0 Å². The molecule has 9 nitrogen and oxygen atoms in total. The molecule has 3 heterocycles. The second-order valence-electron chi connectivity index (χ2n) is 10.7. The predicted octanol–water partition coefficient (Wildman–Crippen LogP) is 5.14. The summed E-state index contributed by atoms with van der Waals surface area (Å²) in [5.74, 6) is 0.301. The molecular weight excluding hydrogens is 506 g/mol. The fraction of sp³-hybridized carbons (Fsp3) is 0.419. The van der Waals surface area contributed by atoms with Gasteiger partial charge in [0.15, 0.2) is 6.04 Å². The Morgan fingerprint density at radius 1 is 0.975 bits per heavy atom. The fourth-order valence-corrected chi connectivity index (χ4v) is 5.96. The van der Waals surface area contributed by atoms with Crippen molar-refractivity contribution in [2.45, 2.75) is 69.6 Å². The number of benzene rings is 2. The van der Waals surface area contributed by atoms with Crippen LogP contribution < -0.4 is 10.2 Å². The minimum Gasteiger partial charge on any atom is -0.467 e. The molecule has 1 aliphatic carbocycles. The van der Waals surface area contributed by atoms with Crippen LogP contribution in [-0.2, 0) is 20.9 Å². The van der Waals surface area contributed by atoms with Gasteiger partial charge < -0.3 is 14.5 Å². The van der Waals surface area contributed by atoms with Crippen molar-refractivity contribution in [3.05, 3.63) is 78.3 Å². The lowest BCUT2D eigenvalue weighted by molar-refractivity contribution is -0.127. The minimum atomic E-state index is -1.00. The smallest absolute Gasteiger partial charge is 0.251 e. The fourth-order valence-electron chi connectivity index (χ4n) is 5.96. The van der Waals surface area contributed by atoms with Crippen molar-refractivity contribution in [2.75, 3.05) is 18.1 Å². The molecular formula is C31H35N5O4. The van der Waals surface area contributed by atoms with Crippen molar-refractivity contribution in [1.82, 2.24) is 20.3 Å². The van der Waals surface area contributed by atoms with E-state index in [-0.39, 0.29) is 24.5 Å². The molecule has 1 saturated heterocycles. The zero-order chi connectivity index (χ0) is 27.3. The Kier molecular flexibility index (Phi) is 7.90. The van der Waals surface area contributed by atoms with Gasteiger partial charge in [-0.25, -0.2) is 4.68 Å². The lowest BCUT2D eigenvalue weighted by atomic mass is 9.84. The van der Waals surface area contributed by atoms with E-state index < -0.39 is 6.04 Å². The highest BCUT2D eigenvalue weighted by molar-refractivity contribution is 6.01. The molecule has 6 rings (SSSR count). The summed E-state index contributed by atoms with van der Waals surface area (Å²) in [5.41, 5.74) is 3.36. The van der Waals surface area contributed by atoms with Crippen LogP contribution in [0.5, 0.6) is 0 Å². The summed E-state index contributed by atoms with van der Waals surface area (Å²) in [5, 5.41) is 11.4. The van der Waals surface area contributed by atoms with Gasteiger partial charge in [-0.3, -0.25) is 14.5 Å². The molecule has 208 valence electrons. The second-order valence-corrected chi connectivity index (χ2v) is 10.7. The number of nitrogens with one attached hydrogen (secondary N) is 1. The van der Waals surface area contributed by atoms with Crippen LogP contribution in [0.25, 0.3) is 11.0 Å². The maximum Gasteiger partial charge on any atom is 0.251 e. The van der Waals surface area contributed by atoms with E-state index in [4.69, 9.17) is 9.15 Å². The molecule has 2 aromatic carbocycles. The van der Waals surface area contributed by atoms with Gasteiger partial charge in [-0.15, -0.1) is 5.10 Å². The molecule has 40 heavy (non-hydrogen) atoms. The third-order valence-electron chi connectivity index (χ3n) is 8.07. The number of nitrogens with zero attached hydrogens (tertiary/aromatic N) is 4. The molecule has 0 radical (unpaired) electrons. The molecule has 1 N–H and O–H groups in total. The molecule has 2 aliphatic rings. The number of amides is 2. The van der Waals surface area contributed by atoms with Gasteiger partial charge in [0.25, 0.3) is 5.91 Å². The summed E-state index contributed by atoms with van der Waals surface area (Å²) >= 11 is 0. The molecule has 9 heteroatoms. The van der Waals surface area contributed by atoms with E-state index in [0.717, 1.165) is 18.4 Å². The highest BCUT2D eigenvalue weighted by atomic mass is 16.5. The number of hydrogen-bond donors (Lipinski definition) is 1. The highest BCUT2D eigenvalue weighted by Crippen LogP contribution is 2.35. The third kappa shape index (κ3) is 5.65. The molecule has 2 aromatic heterocycles. The molecule has 0 bridgehead atoms. The van der Waals surface area contributed by atoms with Crippen molar-refractivity contribution in [3.63, 3.8) is 0 Å². The number of hydrogen-bond acceptors (Lipinski definition) is 6. The van der Waals surface area contributed by atoms with E-state index >= 15 is 0 Å². The second kappa shape index (κ2) is 12.0. The largest absolute Gasteiger partial charge is 0.467 e. The first-order valence-corrected chi connectivity index (χ1v) is 14.3. The van der Waals surface area contributed by atoms with Crippen molar-refractivity contribution >= 4 is 28.5 Å². The minimum absolute atomic E-state index is 0.0263. The van der Waals surface area contributed by atoms with Gasteiger partial charge in [-0.1, -0.05) is 48.7 Å². The number of carbonyl (C=O) groups excluding carboxylic acids is 2. The number of furan rings is 1. The number of para-hydroxylation sites is 1. The Bertz CT molecular complexity index is 1420. The van der Waals surface area contributed by atoms with Gasteiger partial charge in [0.2, 0.25) is 5.91 Å². The Labute approximate surface area is 233 Å². The quantitative estimate of drug-likeness (QED) is 0.315. The zero-order valence-corrected chi connectivity index (χ0v) is 22.6. The topological polar surface area (TPSA) is 102 Å². The van der Waals surface area contributed by atoms with Crippen LogP contribution in [0.15, 0.2) is 71.3 Å². The van der Waals surface area contributed by atoms with E-state index in [1.807, 2.05) is 36.4 Å². The maximum absolute atomic E-state index is 14.1. The number of aromatic nitrogens is 3. The van der Waals surface area contributed by atoms with Gasteiger partial charge in [0.05, 0.1) is 17.9 Å². The van der Waals surface area contributed by atoms with Crippen LogP contribution in [0.2, 0.25) is 0 Å². The molecule has 2 atom stereocenters.